The zero-order valence-corrected chi connectivity index (χ0v) is 12.6. The molecule has 0 aromatic heterocycles. The lowest BCUT2D eigenvalue weighted by atomic mass is 9.78. The van der Waals surface area contributed by atoms with Gasteiger partial charge in [-0.15, -0.1) is 0 Å². The van der Waals surface area contributed by atoms with E-state index in [9.17, 15) is 12.8 Å². The summed E-state index contributed by atoms with van der Waals surface area (Å²) in [6.07, 6.45) is 4.72. The molecule has 2 N–H and O–H groups in total. The largest absolute Gasteiger partial charge is 0.495 e. The fourth-order valence-corrected chi connectivity index (χ4v) is 3.94. The number of methoxy groups -OCH3 is 1. The molecule has 1 aromatic rings. The summed E-state index contributed by atoms with van der Waals surface area (Å²) in [7, 11) is -2.15. The molecule has 1 aromatic carbocycles. The highest BCUT2D eigenvalue weighted by molar-refractivity contribution is 7.90. The first-order valence-corrected chi connectivity index (χ1v) is 8.51. The summed E-state index contributed by atoms with van der Waals surface area (Å²) < 4.78 is 42.9. The summed E-state index contributed by atoms with van der Waals surface area (Å²) in [6, 6.07) is 2.38. The Kier molecular flexibility index (Phi) is 4.07. The van der Waals surface area contributed by atoms with Gasteiger partial charge in [-0.25, -0.2) is 12.8 Å². The molecule has 0 radical (unpaired) electrons. The standard InChI is InChI=1S/C14H20FNO3S/c1-19-13-11(14(9-16)5-3-4-6-14)7-10(15)8-12(13)20(2,17)18/h7-8H,3-6,9,16H2,1-2H3. The number of hydrogen-bond acceptors (Lipinski definition) is 4. The highest BCUT2D eigenvalue weighted by atomic mass is 32.2. The minimum absolute atomic E-state index is 0.102. The molecule has 6 heteroatoms. The van der Waals surface area contributed by atoms with E-state index in [-0.39, 0.29) is 16.1 Å². The second-order valence-corrected chi connectivity index (χ2v) is 7.43. The SMILES string of the molecule is COc1c(C2(CN)CCCC2)cc(F)cc1S(C)(=O)=O. The fraction of sp³-hybridized carbons (Fsp3) is 0.571. The van der Waals surface area contributed by atoms with E-state index >= 15 is 0 Å². The van der Waals surface area contributed by atoms with E-state index < -0.39 is 15.7 Å². The van der Waals surface area contributed by atoms with Gasteiger partial charge in [0.15, 0.2) is 9.84 Å². The number of benzene rings is 1. The molecule has 0 spiro atoms. The summed E-state index contributed by atoms with van der Waals surface area (Å²) in [5.74, 6) is -0.331. The summed E-state index contributed by atoms with van der Waals surface area (Å²) in [4.78, 5) is -0.102. The third-order valence-corrected chi connectivity index (χ3v) is 5.25. The smallest absolute Gasteiger partial charge is 0.179 e. The quantitative estimate of drug-likeness (QED) is 0.923. The minimum atomic E-state index is -3.56. The second-order valence-electron chi connectivity index (χ2n) is 5.45. The van der Waals surface area contributed by atoms with E-state index in [2.05, 4.69) is 0 Å². The van der Waals surface area contributed by atoms with Crippen LogP contribution in [0, 0.1) is 5.82 Å². The molecular weight excluding hydrogens is 281 g/mol. The van der Waals surface area contributed by atoms with Crippen LogP contribution < -0.4 is 10.5 Å². The maximum Gasteiger partial charge on any atom is 0.179 e. The molecule has 0 saturated heterocycles. The van der Waals surface area contributed by atoms with Gasteiger partial charge in [0.25, 0.3) is 0 Å². The van der Waals surface area contributed by atoms with Gasteiger partial charge in [0, 0.05) is 23.8 Å². The average molecular weight is 301 g/mol. The second kappa shape index (κ2) is 5.33. The van der Waals surface area contributed by atoms with E-state index in [1.165, 1.54) is 13.2 Å². The molecule has 2 rings (SSSR count). The Hall–Kier alpha value is -1.14. The van der Waals surface area contributed by atoms with Gasteiger partial charge >= 0.3 is 0 Å². The molecule has 20 heavy (non-hydrogen) atoms. The first-order chi connectivity index (χ1) is 9.34. The fourth-order valence-electron chi connectivity index (χ4n) is 3.08. The van der Waals surface area contributed by atoms with E-state index in [4.69, 9.17) is 10.5 Å². The lowest BCUT2D eigenvalue weighted by Gasteiger charge is -2.30. The van der Waals surface area contributed by atoms with Crippen molar-refractivity contribution >= 4 is 9.84 Å². The molecule has 0 unspecified atom stereocenters. The highest BCUT2D eigenvalue weighted by Crippen LogP contribution is 2.46. The van der Waals surface area contributed by atoms with Gasteiger partial charge in [-0.2, -0.15) is 0 Å². The van der Waals surface area contributed by atoms with E-state index in [1.54, 1.807) is 0 Å². The molecule has 1 saturated carbocycles. The van der Waals surface area contributed by atoms with Crippen LogP contribution in [0.15, 0.2) is 17.0 Å². The van der Waals surface area contributed by atoms with E-state index in [1.807, 2.05) is 0 Å². The van der Waals surface area contributed by atoms with Crippen molar-refractivity contribution in [3.63, 3.8) is 0 Å². The number of rotatable bonds is 4. The predicted molar refractivity (Wildman–Crippen MR) is 75.3 cm³/mol. The van der Waals surface area contributed by atoms with Crippen LogP contribution in [0.2, 0.25) is 0 Å². The summed E-state index contributed by atoms with van der Waals surface area (Å²) >= 11 is 0. The van der Waals surface area contributed by atoms with Gasteiger partial charge in [-0.3, -0.25) is 0 Å². The van der Waals surface area contributed by atoms with Crippen molar-refractivity contribution in [3.8, 4) is 5.75 Å². The normalized spacial score (nSPS) is 18.2. The minimum Gasteiger partial charge on any atom is -0.495 e. The van der Waals surface area contributed by atoms with Crippen LogP contribution >= 0.6 is 0 Å². The number of nitrogens with two attached hydrogens (primary N) is 1. The molecule has 0 bridgehead atoms. The number of ether oxygens (including phenoxy) is 1. The Morgan fingerprint density at radius 1 is 1.35 bits per heavy atom. The Labute approximate surface area is 119 Å². The van der Waals surface area contributed by atoms with Crippen LogP contribution in [-0.4, -0.2) is 28.3 Å². The third-order valence-electron chi connectivity index (χ3n) is 4.15. The van der Waals surface area contributed by atoms with Crippen LogP contribution in [-0.2, 0) is 15.3 Å². The Morgan fingerprint density at radius 3 is 2.40 bits per heavy atom. The Balaban J connectivity index is 2.73. The van der Waals surface area contributed by atoms with Crippen molar-refractivity contribution in [2.45, 2.75) is 36.0 Å². The number of hydrogen-bond donors (Lipinski definition) is 1. The van der Waals surface area contributed by atoms with Crippen LogP contribution in [0.1, 0.15) is 31.2 Å². The van der Waals surface area contributed by atoms with Crippen molar-refractivity contribution in [1.82, 2.24) is 0 Å². The van der Waals surface area contributed by atoms with E-state index in [0.717, 1.165) is 38.0 Å². The molecule has 0 aliphatic heterocycles. The van der Waals surface area contributed by atoms with Crippen molar-refractivity contribution in [3.05, 3.63) is 23.5 Å². The van der Waals surface area contributed by atoms with Crippen LogP contribution in [0.4, 0.5) is 4.39 Å². The molecule has 1 fully saturated rings. The molecule has 112 valence electrons. The lowest BCUT2D eigenvalue weighted by Crippen LogP contribution is -2.33. The summed E-state index contributed by atoms with van der Waals surface area (Å²) in [5.41, 5.74) is 6.11. The lowest BCUT2D eigenvalue weighted by molar-refractivity contribution is 0.365. The number of halogens is 1. The van der Waals surface area contributed by atoms with Gasteiger partial charge in [0.1, 0.15) is 16.5 Å². The highest BCUT2D eigenvalue weighted by Gasteiger charge is 2.38. The van der Waals surface area contributed by atoms with Gasteiger partial charge in [0.2, 0.25) is 0 Å². The Morgan fingerprint density at radius 2 is 1.95 bits per heavy atom. The molecule has 1 aliphatic carbocycles. The molecule has 0 amide bonds. The van der Waals surface area contributed by atoms with Gasteiger partial charge < -0.3 is 10.5 Å². The van der Waals surface area contributed by atoms with Crippen molar-refractivity contribution < 1.29 is 17.5 Å². The third kappa shape index (κ3) is 2.54. The van der Waals surface area contributed by atoms with Gasteiger partial charge in [0.05, 0.1) is 7.11 Å². The average Bonchev–Trinajstić information content (AvgIpc) is 2.86. The van der Waals surface area contributed by atoms with Crippen molar-refractivity contribution in [2.24, 2.45) is 5.73 Å². The maximum atomic E-state index is 13.9. The Bertz CT molecular complexity index is 607. The molecule has 4 nitrogen and oxygen atoms in total. The molecule has 0 atom stereocenters. The summed E-state index contributed by atoms with van der Waals surface area (Å²) in [6.45, 7) is 0.357. The van der Waals surface area contributed by atoms with Crippen molar-refractivity contribution in [1.29, 1.82) is 0 Å². The molecule has 1 aliphatic rings. The molecular formula is C14H20FNO3S. The van der Waals surface area contributed by atoms with Crippen LogP contribution in [0.25, 0.3) is 0 Å². The zero-order valence-electron chi connectivity index (χ0n) is 11.8. The van der Waals surface area contributed by atoms with Crippen LogP contribution in [0.5, 0.6) is 5.75 Å². The maximum absolute atomic E-state index is 13.9. The first kappa shape index (κ1) is 15.3. The first-order valence-electron chi connectivity index (χ1n) is 6.62. The molecule has 0 heterocycles. The predicted octanol–water partition coefficient (Wildman–Crippen LogP) is 2.01. The number of sulfone groups is 1. The van der Waals surface area contributed by atoms with E-state index in [0.29, 0.717) is 12.1 Å². The van der Waals surface area contributed by atoms with Crippen LogP contribution in [0.3, 0.4) is 0 Å². The summed E-state index contributed by atoms with van der Waals surface area (Å²) in [5, 5.41) is 0. The monoisotopic (exact) mass is 301 g/mol. The zero-order chi connectivity index (χ0) is 15.0. The van der Waals surface area contributed by atoms with Crippen molar-refractivity contribution in [2.75, 3.05) is 19.9 Å². The van der Waals surface area contributed by atoms with Gasteiger partial charge in [-0.1, -0.05) is 12.8 Å². The topological polar surface area (TPSA) is 69.4 Å². The van der Waals surface area contributed by atoms with Gasteiger partial charge in [-0.05, 0) is 25.0 Å².